The summed E-state index contributed by atoms with van der Waals surface area (Å²) in [5.41, 5.74) is -8.04. The number of carbonyl (C=O) groups is 6. The van der Waals surface area contributed by atoms with Gasteiger partial charge in [0.05, 0.1) is 42.7 Å². The molecule has 0 radical (unpaired) electrons. The van der Waals surface area contributed by atoms with Crippen molar-refractivity contribution in [1.29, 1.82) is 0 Å². The Morgan fingerprint density at radius 1 is 0.448 bits per heavy atom. The van der Waals surface area contributed by atoms with Crippen LogP contribution in [0.4, 0.5) is 0 Å². The van der Waals surface area contributed by atoms with Gasteiger partial charge in [0.1, 0.15) is 0 Å². The Morgan fingerprint density at radius 3 is 0.828 bits per heavy atom. The minimum absolute atomic E-state index is 0.878. The van der Waals surface area contributed by atoms with E-state index < -0.39 is 64.9 Å². The van der Waals surface area contributed by atoms with Gasteiger partial charge in [-0.1, -0.05) is 0 Å². The van der Waals surface area contributed by atoms with Crippen LogP contribution < -0.4 is 0 Å². The molecular formula is C17H22O12. The maximum absolute atomic E-state index is 12.9. The van der Waals surface area contributed by atoms with E-state index in [0.717, 1.165) is 42.7 Å². The zero-order valence-corrected chi connectivity index (χ0v) is 16.8. The van der Waals surface area contributed by atoms with Gasteiger partial charge in [-0.3, -0.25) is 28.8 Å². The first-order valence-electron chi connectivity index (χ1n) is 8.06. The summed E-state index contributed by atoms with van der Waals surface area (Å²) in [4.78, 5) is 76.7. The lowest BCUT2D eigenvalue weighted by Gasteiger charge is -2.36. The fraction of sp³-hybridized carbons (Fsp3) is 0.647. The van der Waals surface area contributed by atoms with E-state index in [1.54, 1.807) is 0 Å². The molecule has 0 bridgehead atoms. The number of methoxy groups -OCH3 is 6. The van der Waals surface area contributed by atoms with Crippen LogP contribution in [0.1, 0.15) is 12.8 Å². The normalized spacial score (nSPS) is 18.0. The molecule has 29 heavy (non-hydrogen) atoms. The SMILES string of the molecule is COC(=O)C1(C(=O)OC)CC(C(=O)OC)(C(=O)OC)C(C(=O)OC)(C(=O)OC)C1. The summed E-state index contributed by atoms with van der Waals surface area (Å²) < 4.78 is 28.0. The maximum Gasteiger partial charge on any atom is 0.325 e. The number of rotatable bonds is 6. The van der Waals surface area contributed by atoms with Crippen molar-refractivity contribution in [3.63, 3.8) is 0 Å². The molecule has 0 spiro atoms. The molecule has 1 saturated carbocycles. The molecule has 12 nitrogen and oxygen atoms in total. The summed E-state index contributed by atoms with van der Waals surface area (Å²) in [6, 6.07) is 0. The summed E-state index contributed by atoms with van der Waals surface area (Å²) in [6.07, 6.45) is -2.05. The fourth-order valence-corrected chi connectivity index (χ4v) is 3.88. The molecule has 0 saturated heterocycles. The quantitative estimate of drug-likeness (QED) is 0.288. The highest BCUT2D eigenvalue weighted by molar-refractivity contribution is 6.18. The van der Waals surface area contributed by atoms with Crippen LogP contribution in [0.3, 0.4) is 0 Å². The van der Waals surface area contributed by atoms with Crippen LogP contribution in [-0.4, -0.2) is 78.5 Å². The molecule has 1 aliphatic carbocycles. The Kier molecular flexibility index (Phi) is 6.95. The fourth-order valence-electron chi connectivity index (χ4n) is 3.88. The van der Waals surface area contributed by atoms with Crippen molar-refractivity contribution in [1.82, 2.24) is 0 Å². The summed E-state index contributed by atoms with van der Waals surface area (Å²) >= 11 is 0. The second kappa shape index (κ2) is 8.45. The van der Waals surface area contributed by atoms with Gasteiger partial charge < -0.3 is 28.4 Å². The topological polar surface area (TPSA) is 158 Å². The lowest BCUT2D eigenvalue weighted by Crippen LogP contribution is -2.59. The van der Waals surface area contributed by atoms with Crippen LogP contribution >= 0.6 is 0 Å². The van der Waals surface area contributed by atoms with E-state index in [9.17, 15) is 28.8 Å². The summed E-state index contributed by atoms with van der Waals surface area (Å²) in [5.74, 6) is -8.19. The van der Waals surface area contributed by atoms with Gasteiger partial charge in [0, 0.05) is 12.8 Å². The molecule has 0 atom stereocenters. The van der Waals surface area contributed by atoms with E-state index in [1.165, 1.54) is 0 Å². The highest BCUT2D eigenvalue weighted by atomic mass is 16.6. The van der Waals surface area contributed by atoms with Crippen molar-refractivity contribution < 1.29 is 57.2 Å². The molecule has 1 rings (SSSR count). The van der Waals surface area contributed by atoms with Gasteiger partial charge in [-0.05, 0) is 0 Å². The molecule has 162 valence electrons. The predicted molar refractivity (Wildman–Crippen MR) is 88.6 cm³/mol. The third kappa shape index (κ3) is 2.98. The standard InChI is InChI=1S/C17H22O12/c1-24-9(18)15(10(19)25-2)7-16(11(20)26-3,12(21)27-4)17(8-15,13(22)28-5)14(23)29-6/h7-8H2,1-6H3. The second-order valence-corrected chi connectivity index (χ2v) is 6.20. The predicted octanol–water partition coefficient (Wildman–Crippen LogP) is -1.22. The van der Waals surface area contributed by atoms with Crippen LogP contribution in [0.5, 0.6) is 0 Å². The van der Waals surface area contributed by atoms with Crippen LogP contribution in [-0.2, 0) is 57.2 Å². The van der Waals surface area contributed by atoms with E-state index in [0.29, 0.717) is 0 Å². The van der Waals surface area contributed by atoms with Crippen molar-refractivity contribution in [3.8, 4) is 0 Å². The first-order chi connectivity index (χ1) is 13.6. The van der Waals surface area contributed by atoms with Gasteiger partial charge in [0.25, 0.3) is 0 Å². The van der Waals surface area contributed by atoms with Gasteiger partial charge in [-0.15, -0.1) is 0 Å². The van der Waals surface area contributed by atoms with E-state index in [4.69, 9.17) is 0 Å². The zero-order valence-electron chi connectivity index (χ0n) is 16.8. The number of carbonyl (C=O) groups excluding carboxylic acids is 6. The highest BCUT2D eigenvalue weighted by Gasteiger charge is 2.83. The third-order valence-electron chi connectivity index (χ3n) is 5.15. The lowest BCUT2D eigenvalue weighted by molar-refractivity contribution is -0.196. The largest absolute Gasteiger partial charge is 0.468 e. The molecule has 0 heterocycles. The van der Waals surface area contributed by atoms with Crippen LogP contribution in [0.2, 0.25) is 0 Å². The van der Waals surface area contributed by atoms with Gasteiger partial charge in [-0.25, -0.2) is 0 Å². The summed E-state index contributed by atoms with van der Waals surface area (Å²) in [7, 11) is 5.37. The van der Waals surface area contributed by atoms with Crippen molar-refractivity contribution in [2.24, 2.45) is 16.2 Å². The van der Waals surface area contributed by atoms with Gasteiger partial charge in [0.2, 0.25) is 0 Å². The molecule has 0 unspecified atom stereocenters. The number of esters is 6. The summed E-state index contributed by atoms with van der Waals surface area (Å²) in [5, 5.41) is 0. The zero-order chi connectivity index (χ0) is 22.6. The van der Waals surface area contributed by atoms with Crippen molar-refractivity contribution >= 4 is 35.8 Å². The van der Waals surface area contributed by atoms with Crippen molar-refractivity contribution in [2.75, 3.05) is 42.7 Å². The molecule has 0 N–H and O–H groups in total. The van der Waals surface area contributed by atoms with Crippen LogP contribution in [0.25, 0.3) is 0 Å². The summed E-state index contributed by atoms with van der Waals surface area (Å²) in [6.45, 7) is 0. The second-order valence-electron chi connectivity index (χ2n) is 6.20. The monoisotopic (exact) mass is 418 g/mol. The molecule has 0 aromatic rings. The Labute approximate surface area is 165 Å². The van der Waals surface area contributed by atoms with Gasteiger partial charge in [-0.2, -0.15) is 0 Å². The smallest absolute Gasteiger partial charge is 0.325 e. The highest BCUT2D eigenvalue weighted by Crippen LogP contribution is 2.63. The van der Waals surface area contributed by atoms with Gasteiger partial charge in [0.15, 0.2) is 16.2 Å². The molecule has 0 amide bonds. The van der Waals surface area contributed by atoms with Crippen molar-refractivity contribution in [2.45, 2.75) is 12.8 Å². The molecule has 0 aliphatic heterocycles. The van der Waals surface area contributed by atoms with E-state index in [1.807, 2.05) is 0 Å². The Morgan fingerprint density at radius 2 is 0.655 bits per heavy atom. The maximum atomic E-state index is 12.9. The van der Waals surface area contributed by atoms with E-state index >= 15 is 0 Å². The Balaban J connectivity index is 4.16. The molecule has 0 aromatic carbocycles. The number of ether oxygens (including phenoxy) is 6. The van der Waals surface area contributed by atoms with Crippen LogP contribution in [0, 0.1) is 16.2 Å². The first kappa shape index (κ1) is 23.9. The molecular weight excluding hydrogens is 396 g/mol. The molecule has 1 aliphatic rings. The average molecular weight is 418 g/mol. The minimum atomic E-state index is -2.81. The van der Waals surface area contributed by atoms with Crippen LogP contribution in [0.15, 0.2) is 0 Å². The lowest BCUT2D eigenvalue weighted by atomic mass is 9.65. The first-order valence-corrected chi connectivity index (χ1v) is 8.06. The molecule has 0 aromatic heterocycles. The van der Waals surface area contributed by atoms with Crippen molar-refractivity contribution in [3.05, 3.63) is 0 Å². The van der Waals surface area contributed by atoms with E-state index in [2.05, 4.69) is 28.4 Å². The van der Waals surface area contributed by atoms with E-state index in [-0.39, 0.29) is 0 Å². The Hall–Kier alpha value is -3.18. The number of hydrogen-bond donors (Lipinski definition) is 0. The molecule has 1 fully saturated rings. The third-order valence-corrected chi connectivity index (χ3v) is 5.15. The number of hydrogen-bond acceptors (Lipinski definition) is 12. The Bertz CT molecular complexity index is 643. The van der Waals surface area contributed by atoms with Gasteiger partial charge >= 0.3 is 35.8 Å². The average Bonchev–Trinajstić information content (AvgIpc) is 3.10. The minimum Gasteiger partial charge on any atom is -0.468 e. The molecule has 12 heteroatoms.